The molecule has 0 radical (unpaired) electrons. The van der Waals surface area contributed by atoms with E-state index in [9.17, 15) is 0 Å². The van der Waals surface area contributed by atoms with Gasteiger partial charge in [-0.25, -0.2) is 0 Å². The summed E-state index contributed by atoms with van der Waals surface area (Å²) in [5.41, 5.74) is 6.77. The normalized spacial score (nSPS) is 17.7. The molecule has 1 unspecified atom stereocenters. The molecule has 31 heavy (non-hydrogen) atoms. The van der Waals surface area contributed by atoms with Crippen molar-refractivity contribution in [2.75, 3.05) is 13.3 Å². The maximum Gasteiger partial charge on any atom is 0.231 e. The number of aromatic nitrogens is 1. The Kier molecular flexibility index (Phi) is 4.65. The van der Waals surface area contributed by atoms with Crippen LogP contribution in [0.3, 0.4) is 0 Å². The lowest BCUT2D eigenvalue weighted by Gasteiger charge is -2.38. The number of rotatable bonds is 5. The summed E-state index contributed by atoms with van der Waals surface area (Å²) in [6.07, 6.45) is 5.33. The van der Waals surface area contributed by atoms with Gasteiger partial charge < -0.3 is 14.5 Å². The summed E-state index contributed by atoms with van der Waals surface area (Å²) in [4.78, 5) is 6.06. The third kappa shape index (κ3) is 3.47. The summed E-state index contributed by atoms with van der Waals surface area (Å²) >= 11 is 0. The average Bonchev–Trinajstić information content (AvgIpc) is 3.44. The van der Waals surface area contributed by atoms with Gasteiger partial charge in [-0.2, -0.15) is 0 Å². The molecule has 156 valence electrons. The minimum absolute atomic E-state index is 0.325. The van der Waals surface area contributed by atoms with Crippen molar-refractivity contribution in [3.63, 3.8) is 0 Å². The summed E-state index contributed by atoms with van der Waals surface area (Å²) in [5, 5.41) is 1.33. The highest BCUT2D eigenvalue weighted by atomic mass is 16.7. The van der Waals surface area contributed by atoms with Gasteiger partial charge in [0.15, 0.2) is 11.5 Å². The second-order valence-corrected chi connectivity index (χ2v) is 8.52. The van der Waals surface area contributed by atoms with Crippen LogP contribution in [0.4, 0.5) is 0 Å². The van der Waals surface area contributed by atoms with Crippen LogP contribution >= 0.6 is 0 Å². The fraction of sp³-hybridized carbons (Fsp3) is 0.259. The largest absolute Gasteiger partial charge is 0.454 e. The summed E-state index contributed by atoms with van der Waals surface area (Å²) < 4.78 is 11.4. The Bertz CT molecular complexity index is 1210. The molecule has 4 heteroatoms. The number of nitrogens with one attached hydrogen (secondary N) is 1. The summed E-state index contributed by atoms with van der Waals surface area (Å²) in [5.74, 6) is 1.78. The molecule has 2 aliphatic heterocycles. The molecule has 0 aliphatic carbocycles. The lowest BCUT2D eigenvalue weighted by Crippen LogP contribution is -2.35. The first kappa shape index (κ1) is 18.5. The number of hydrogen-bond acceptors (Lipinski definition) is 3. The van der Waals surface area contributed by atoms with Crippen molar-refractivity contribution in [1.82, 2.24) is 9.88 Å². The van der Waals surface area contributed by atoms with Crippen molar-refractivity contribution >= 4 is 10.9 Å². The maximum absolute atomic E-state index is 5.73. The molecule has 0 spiro atoms. The number of H-pyrrole nitrogens is 1. The standard InChI is InChI=1S/C27H26N2O2/c1-2-6-19(7-3-1)17-29-13-12-20-14-26-27(31-18-30-26)15-23(20)25(29)11-10-21-16-28-24-9-5-4-8-22(21)24/h1-9,14-16,25,28H,10-13,17-18H2. The lowest BCUT2D eigenvalue weighted by molar-refractivity contribution is 0.166. The van der Waals surface area contributed by atoms with E-state index in [4.69, 9.17) is 9.47 Å². The zero-order chi connectivity index (χ0) is 20.6. The molecule has 0 amide bonds. The van der Waals surface area contributed by atoms with Crippen LogP contribution in [0.15, 0.2) is 72.9 Å². The molecule has 1 atom stereocenters. The number of aryl methyl sites for hydroxylation is 1. The van der Waals surface area contributed by atoms with Crippen LogP contribution in [-0.2, 0) is 19.4 Å². The van der Waals surface area contributed by atoms with Crippen LogP contribution in [-0.4, -0.2) is 23.2 Å². The Balaban J connectivity index is 1.33. The third-order valence-electron chi connectivity index (χ3n) is 6.69. The number of hydrogen-bond donors (Lipinski definition) is 1. The first-order chi connectivity index (χ1) is 15.3. The number of nitrogens with zero attached hydrogens (tertiary/aromatic N) is 1. The van der Waals surface area contributed by atoms with Gasteiger partial charge in [0.25, 0.3) is 0 Å². The Labute approximate surface area is 182 Å². The van der Waals surface area contributed by atoms with Gasteiger partial charge in [-0.3, -0.25) is 4.90 Å². The second kappa shape index (κ2) is 7.78. The Morgan fingerprint density at radius 2 is 1.74 bits per heavy atom. The molecule has 3 aromatic carbocycles. The molecule has 4 aromatic rings. The van der Waals surface area contributed by atoms with Gasteiger partial charge >= 0.3 is 0 Å². The number of ether oxygens (including phenoxy) is 2. The third-order valence-corrected chi connectivity index (χ3v) is 6.69. The second-order valence-electron chi connectivity index (χ2n) is 8.52. The van der Waals surface area contributed by atoms with Crippen LogP contribution in [0.2, 0.25) is 0 Å². The van der Waals surface area contributed by atoms with Crippen molar-refractivity contribution in [2.24, 2.45) is 0 Å². The van der Waals surface area contributed by atoms with E-state index >= 15 is 0 Å². The first-order valence-electron chi connectivity index (χ1n) is 11.1. The van der Waals surface area contributed by atoms with E-state index in [1.165, 1.54) is 33.2 Å². The predicted octanol–water partition coefficient (Wildman–Crippen LogP) is 5.63. The smallest absolute Gasteiger partial charge is 0.231 e. The van der Waals surface area contributed by atoms with Crippen molar-refractivity contribution < 1.29 is 9.47 Å². The van der Waals surface area contributed by atoms with E-state index in [-0.39, 0.29) is 0 Å². The van der Waals surface area contributed by atoms with E-state index in [0.717, 1.165) is 43.9 Å². The van der Waals surface area contributed by atoms with Gasteiger partial charge in [-0.15, -0.1) is 0 Å². The summed E-state index contributed by atoms with van der Waals surface area (Å²) in [6, 6.07) is 24.2. The topological polar surface area (TPSA) is 37.5 Å². The highest BCUT2D eigenvalue weighted by Crippen LogP contribution is 2.42. The Morgan fingerprint density at radius 1 is 0.935 bits per heavy atom. The molecule has 3 heterocycles. The van der Waals surface area contributed by atoms with Crippen molar-refractivity contribution in [3.05, 3.63) is 95.2 Å². The molecule has 0 saturated heterocycles. The molecule has 1 N–H and O–H groups in total. The van der Waals surface area contributed by atoms with Crippen LogP contribution < -0.4 is 9.47 Å². The minimum atomic E-state index is 0.325. The van der Waals surface area contributed by atoms with Gasteiger partial charge in [-0.05, 0) is 59.7 Å². The monoisotopic (exact) mass is 410 g/mol. The molecule has 0 fully saturated rings. The molecule has 2 aliphatic rings. The molecule has 1 aromatic heterocycles. The Hall–Kier alpha value is -3.24. The van der Waals surface area contributed by atoms with Crippen molar-refractivity contribution in [2.45, 2.75) is 31.8 Å². The van der Waals surface area contributed by atoms with Gasteiger partial charge in [0.1, 0.15) is 0 Å². The maximum atomic E-state index is 5.73. The van der Waals surface area contributed by atoms with E-state index in [0.29, 0.717) is 12.8 Å². The van der Waals surface area contributed by atoms with Crippen LogP contribution in [0.25, 0.3) is 10.9 Å². The zero-order valence-corrected chi connectivity index (χ0v) is 17.5. The number of aromatic amines is 1. The van der Waals surface area contributed by atoms with E-state index in [1.807, 2.05) is 0 Å². The highest BCUT2D eigenvalue weighted by molar-refractivity contribution is 5.83. The first-order valence-corrected chi connectivity index (χ1v) is 11.1. The number of para-hydroxylation sites is 1. The van der Waals surface area contributed by atoms with Crippen LogP contribution in [0.5, 0.6) is 11.5 Å². The van der Waals surface area contributed by atoms with Gasteiger partial charge in [0.05, 0.1) is 0 Å². The van der Waals surface area contributed by atoms with Crippen LogP contribution in [0, 0.1) is 0 Å². The molecular weight excluding hydrogens is 384 g/mol. The molecule has 0 saturated carbocycles. The SMILES string of the molecule is c1ccc(CN2CCc3cc4c(cc3C2CCc2c[nH]c3ccccc23)OCO4)cc1. The average molecular weight is 411 g/mol. The van der Waals surface area contributed by atoms with Gasteiger partial charge in [0.2, 0.25) is 6.79 Å². The van der Waals surface area contributed by atoms with Gasteiger partial charge in [-0.1, -0.05) is 48.5 Å². The molecular formula is C27H26N2O2. The summed E-state index contributed by atoms with van der Waals surface area (Å²) in [6.45, 7) is 2.35. The van der Waals surface area contributed by atoms with Crippen LogP contribution in [0.1, 0.15) is 34.7 Å². The number of benzene rings is 3. The molecule has 6 rings (SSSR count). The predicted molar refractivity (Wildman–Crippen MR) is 122 cm³/mol. The molecule has 4 nitrogen and oxygen atoms in total. The number of fused-ring (bicyclic) bond motifs is 3. The lowest BCUT2D eigenvalue weighted by atomic mass is 9.88. The van der Waals surface area contributed by atoms with E-state index in [1.54, 1.807) is 0 Å². The zero-order valence-electron chi connectivity index (χ0n) is 17.5. The molecule has 0 bridgehead atoms. The summed E-state index contributed by atoms with van der Waals surface area (Å²) in [7, 11) is 0. The van der Waals surface area contributed by atoms with Crippen molar-refractivity contribution in [3.8, 4) is 11.5 Å². The fourth-order valence-corrected chi connectivity index (χ4v) is 5.12. The van der Waals surface area contributed by atoms with Gasteiger partial charge in [0, 0.05) is 36.2 Å². The Morgan fingerprint density at radius 3 is 2.65 bits per heavy atom. The highest BCUT2D eigenvalue weighted by Gasteiger charge is 2.30. The van der Waals surface area contributed by atoms with E-state index < -0.39 is 0 Å². The van der Waals surface area contributed by atoms with E-state index in [2.05, 4.69) is 82.8 Å². The fourth-order valence-electron chi connectivity index (χ4n) is 5.12. The quantitative estimate of drug-likeness (QED) is 0.463. The minimum Gasteiger partial charge on any atom is -0.454 e. The van der Waals surface area contributed by atoms with Crippen molar-refractivity contribution in [1.29, 1.82) is 0 Å².